The first kappa shape index (κ1) is 20.8. The largest absolute Gasteiger partial charge is 0.334 e. The molecule has 2 aromatic rings. The average molecular weight is 411 g/mol. The minimum Gasteiger partial charge on any atom is -0.334 e. The van der Waals surface area contributed by atoms with Gasteiger partial charge in [-0.1, -0.05) is 42.5 Å². The van der Waals surface area contributed by atoms with Gasteiger partial charge < -0.3 is 10.2 Å². The summed E-state index contributed by atoms with van der Waals surface area (Å²) in [5, 5.41) is 3.08. The number of piperazine rings is 2. The lowest BCUT2D eigenvalue weighted by atomic mass is 9.93. The van der Waals surface area contributed by atoms with Crippen LogP contribution in [0.1, 0.15) is 25.0 Å². The zero-order chi connectivity index (χ0) is 21.1. The summed E-state index contributed by atoms with van der Waals surface area (Å²) in [6.07, 6.45) is 0. The molecule has 5 nitrogen and oxygen atoms in total. The highest BCUT2D eigenvalue weighted by atomic mass is 19.1. The van der Waals surface area contributed by atoms with Crippen molar-refractivity contribution in [3.63, 3.8) is 0 Å². The van der Waals surface area contributed by atoms with Gasteiger partial charge in [-0.2, -0.15) is 0 Å². The monoisotopic (exact) mass is 410 g/mol. The Morgan fingerprint density at radius 3 is 2.50 bits per heavy atom. The zero-order valence-corrected chi connectivity index (χ0v) is 17.9. The molecule has 1 N–H and O–H groups in total. The van der Waals surface area contributed by atoms with Crippen LogP contribution in [-0.4, -0.2) is 65.0 Å². The number of amides is 2. The minimum absolute atomic E-state index is 0.00207. The number of fused-ring (bicyclic) bond motifs is 1. The van der Waals surface area contributed by atoms with Gasteiger partial charge in [0.25, 0.3) is 0 Å². The summed E-state index contributed by atoms with van der Waals surface area (Å²) in [7, 11) is 0. The fourth-order valence-electron chi connectivity index (χ4n) is 4.78. The van der Waals surface area contributed by atoms with Crippen molar-refractivity contribution < 1.29 is 9.18 Å². The van der Waals surface area contributed by atoms with Crippen molar-refractivity contribution in [1.29, 1.82) is 0 Å². The van der Waals surface area contributed by atoms with E-state index in [0.29, 0.717) is 12.6 Å². The molecular weight excluding hydrogens is 379 g/mol. The van der Waals surface area contributed by atoms with Crippen LogP contribution in [0.25, 0.3) is 0 Å². The third kappa shape index (κ3) is 4.82. The normalized spacial score (nSPS) is 21.8. The number of nitrogens with one attached hydrogen (secondary N) is 1. The van der Waals surface area contributed by atoms with Gasteiger partial charge in [0.2, 0.25) is 0 Å². The van der Waals surface area contributed by atoms with E-state index >= 15 is 0 Å². The van der Waals surface area contributed by atoms with Crippen LogP contribution in [0.2, 0.25) is 0 Å². The lowest BCUT2D eigenvalue weighted by Gasteiger charge is -2.55. The van der Waals surface area contributed by atoms with Gasteiger partial charge in [-0.05, 0) is 37.1 Å². The first-order chi connectivity index (χ1) is 14.4. The lowest BCUT2D eigenvalue weighted by Crippen LogP contribution is -2.70. The topological polar surface area (TPSA) is 38.8 Å². The standard InChI is InChI=1S/C24H31FN4O/c1-24(2)18-28(23(30)26-14-19-6-4-3-5-7-19)17-22-16-27(12-13-29(22)24)15-20-8-10-21(25)11-9-20/h3-11,22H,12-18H2,1-2H3,(H,26,30). The summed E-state index contributed by atoms with van der Waals surface area (Å²) in [5.74, 6) is -0.199. The molecule has 0 aliphatic carbocycles. The SMILES string of the molecule is CC1(C)CN(C(=O)NCc2ccccc2)CC2CN(Cc3ccc(F)cc3)CCN21. The van der Waals surface area contributed by atoms with Crippen molar-refractivity contribution in [2.45, 2.75) is 38.5 Å². The van der Waals surface area contributed by atoms with Gasteiger partial charge in [-0.3, -0.25) is 9.80 Å². The fraction of sp³-hybridized carbons (Fsp3) is 0.458. The Balaban J connectivity index is 1.38. The van der Waals surface area contributed by atoms with E-state index < -0.39 is 0 Å². The Morgan fingerprint density at radius 1 is 1.03 bits per heavy atom. The molecule has 0 saturated carbocycles. The Hall–Kier alpha value is -2.44. The summed E-state index contributed by atoms with van der Waals surface area (Å²) in [6, 6.07) is 17.1. The molecule has 0 radical (unpaired) electrons. The molecule has 0 aromatic heterocycles. The van der Waals surface area contributed by atoms with E-state index in [-0.39, 0.29) is 17.4 Å². The number of urea groups is 1. The molecule has 0 spiro atoms. The highest BCUT2D eigenvalue weighted by Gasteiger charge is 2.43. The number of hydrogen-bond donors (Lipinski definition) is 1. The summed E-state index contributed by atoms with van der Waals surface area (Å²) in [6.45, 7) is 10.1. The van der Waals surface area contributed by atoms with Crippen molar-refractivity contribution in [2.24, 2.45) is 0 Å². The van der Waals surface area contributed by atoms with E-state index in [1.165, 1.54) is 12.1 Å². The zero-order valence-electron chi connectivity index (χ0n) is 17.9. The maximum atomic E-state index is 13.2. The van der Waals surface area contributed by atoms with E-state index in [0.717, 1.165) is 50.4 Å². The second-order valence-corrected chi connectivity index (χ2v) is 9.05. The molecule has 1 atom stereocenters. The van der Waals surface area contributed by atoms with Crippen molar-refractivity contribution in [2.75, 3.05) is 32.7 Å². The van der Waals surface area contributed by atoms with Crippen LogP contribution >= 0.6 is 0 Å². The second kappa shape index (κ2) is 8.74. The van der Waals surface area contributed by atoms with E-state index in [2.05, 4.69) is 29.0 Å². The number of carbonyl (C=O) groups excluding carboxylic acids is 1. The molecule has 160 valence electrons. The molecular formula is C24H31FN4O. The van der Waals surface area contributed by atoms with Gasteiger partial charge in [-0.25, -0.2) is 9.18 Å². The van der Waals surface area contributed by atoms with Gasteiger partial charge in [0.15, 0.2) is 0 Å². The van der Waals surface area contributed by atoms with Crippen LogP contribution in [0.5, 0.6) is 0 Å². The third-order valence-corrected chi connectivity index (χ3v) is 6.25. The highest BCUT2D eigenvalue weighted by molar-refractivity contribution is 5.74. The van der Waals surface area contributed by atoms with Gasteiger partial charge >= 0.3 is 6.03 Å². The van der Waals surface area contributed by atoms with Crippen LogP contribution in [0.3, 0.4) is 0 Å². The van der Waals surface area contributed by atoms with Gasteiger partial charge in [0.1, 0.15) is 5.82 Å². The second-order valence-electron chi connectivity index (χ2n) is 9.05. The smallest absolute Gasteiger partial charge is 0.317 e. The first-order valence-electron chi connectivity index (χ1n) is 10.7. The summed E-state index contributed by atoms with van der Waals surface area (Å²) < 4.78 is 13.2. The highest BCUT2D eigenvalue weighted by Crippen LogP contribution is 2.28. The van der Waals surface area contributed by atoms with Crippen molar-refractivity contribution in [3.05, 3.63) is 71.5 Å². The molecule has 2 aromatic carbocycles. The maximum absolute atomic E-state index is 13.2. The molecule has 30 heavy (non-hydrogen) atoms. The van der Waals surface area contributed by atoms with Crippen LogP contribution in [-0.2, 0) is 13.1 Å². The predicted molar refractivity (Wildman–Crippen MR) is 117 cm³/mol. The summed E-state index contributed by atoms with van der Waals surface area (Å²) >= 11 is 0. The molecule has 0 bridgehead atoms. The Kier molecular flexibility index (Phi) is 6.06. The van der Waals surface area contributed by atoms with Crippen LogP contribution in [0.4, 0.5) is 9.18 Å². The third-order valence-electron chi connectivity index (χ3n) is 6.25. The lowest BCUT2D eigenvalue weighted by molar-refractivity contribution is -0.0541. The number of rotatable bonds is 4. The van der Waals surface area contributed by atoms with E-state index in [1.54, 1.807) is 0 Å². The number of halogens is 1. The van der Waals surface area contributed by atoms with Crippen molar-refractivity contribution in [3.8, 4) is 0 Å². The molecule has 6 heteroatoms. The van der Waals surface area contributed by atoms with Gasteiger partial charge in [-0.15, -0.1) is 0 Å². The maximum Gasteiger partial charge on any atom is 0.317 e. The van der Waals surface area contributed by atoms with Crippen molar-refractivity contribution in [1.82, 2.24) is 20.0 Å². The Bertz CT molecular complexity index is 855. The minimum atomic E-state index is -0.199. The summed E-state index contributed by atoms with van der Waals surface area (Å²) in [4.78, 5) is 19.8. The Morgan fingerprint density at radius 2 is 1.77 bits per heavy atom. The molecule has 2 aliphatic heterocycles. The van der Waals surface area contributed by atoms with Gasteiger partial charge in [0.05, 0.1) is 0 Å². The van der Waals surface area contributed by atoms with Crippen LogP contribution in [0.15, 0.2) is 54.6 Å². The number of benzene rings is 2. The van der Waals surface area contributed by atoms with E-state index in [4.69, 9.17) is 0 Å². The number of hydrogen-bond acceptors (Lipinski definition) is 3. The van der Waals surface area contributed by atoms with E-state index in [9.17, 15) is 9.18 Å². The number of carbonyl (C=O) groups is 1. The molecule has 2 aliphatic rings. The fourth-order valence-corrected chi connectivity index (χ4v) is 4.78. The molecule has 2 saturated heterocycles. The first-order valence-corrected chi connectivity index (χ1v) is 10.7. The van der Waals surface area contributed by atoms with Crippen LogP contribution < -0.4 is 5.32 Å². The summed E-state index contributed by atoms with van der Waals surface area (Å²) in [5.41, 5.74) is 2.17. The molecule has 4 rings (SSSR count). The molecule has 1 unspecified atom stereocenters. The predicted octanol–water partition coefficient (Wildman–Crippen LogP) is 3.32. The molecule has 2 heterocycles. The van der Waals surface area contributed by atoms with E-state index in [1.807, 2.05) is 47.4 Å². The van der Waals surface area contributed by atoms with Crippen LogP contribution in [0, 0.1) is 5.82 Å². The number of nitrogens with zero attached hydrogens (tertiary/aromatic N) is 3. The molecule has 2 fully saturated rings. The molecule has 2 amide bonds. The quantitative estimate of drug-likeness (QED) is 0.841. The average Bonchev–Trinajstić information content (AvgIpc) is 2.73. The Labute approximate surface area is 178 Å². The van der Waals surface area contributed by atoms with Gasteiger partial charge in [0, 0.05) is 57.4 Å². The van der Waals surface area contributed by atoms with Crippen molar-refractivity contribution >= 4 is 6.03 Å².